The van der Waals surface area contributed by atoms with Crippen LogP contribution in [0.1, 0.15) is 52.8 Å². The van der Waals surface area contributed by atoms with Crippen LogP contribution in [0, 0.1) is 13.8 Å². The number of benzene rings is 2. The average molecular weight is 588 g/mol. The molecule has 0 aliphatic carbocycles. The molecule has 1 N–H and O–H groups in total. The molecule has 0 unspecified atom stereocenters. The predicted octanol–water partition coefficient (Wildman–Crippen LogP) is 4.63. The third-order valence-corrected chi connectivity index (χ3v) is 8.80. The summed E-state index contributed by atoms with van der Waals surface area (Å²) in [5, 5.41) is 9.24. The molecule has 0 saturated carbocycles. The summed E-state index contributed by atoms with van der Waals surface area (Å²) in [6, 6.07) is 15.8. The Kier molecular flexibility index (Phi) is 7.88. The zero-order valence-corrected chi connectivity index (χ0v) is 24.9. The van der Waals surface area contributed by atoms with Crippen molar-refractivity contribution in [1.29, 1.82) is 0 Å². The van der Waals surface area contributed by atoms with Crippen LogP contribution in [-0.4, -0.2) is 39.0 Å². The fourth-order valence-corrected chi connectivity index (χ4v) is 6.56. The SMILES string of the molecule is CCOC(=O)C1=C(C)N=c2s/c(=C/c3cc(C)n(-c4ccc(C(=O)O)cc4)c3C)c(=O)n2[C@H]1c1ccc(SC)cc1. The van der Waals surface area contributed by atoms with Gasteiger partial charge < -0.3 is 14.4 Å². The Hall–Kier alpha value is -4.15. The van der Waals surface area contributed by atoms with Crippen molar-refractivity contribution in [2.45, 2.75) is 38.6 Å². The van der Waals surface area contributed by atoms with E-state index < -0.39 is 18.0 Å². The van der Waals surface area contributed by atoms with Crippen molar-refractivity contribution < 1.29 is 19.4 Å². The number of esters is 1. The van der Waals surface area contributed by atoms with Gasteiger partial charge in [0, 0.05) is 22.0 Å². The minimum atomic E-state index is -0.978. The molecule has 41 heavy (non-hydrogen) atoms. The van der Waals surface area contributed by atoms with Crippen molar-refractivity contribution >= 4 is 41.1 Å². The predicted molar refractivity (Wildman–Crippen MR) is 161 cm³/mol. The van der Waals surface area contributed by atoms with Crippen molar-refractivity contribution in [2.24, 2.45) is 4.99 Å². The van der Waals surface area contributed by atoms with E-state index in [0.717, 1.165) is 33.1 Å². The first-order chi connectivity index (χ1) is 19.6. The number of aromatic carboxylic acids is 1. The first-order valence-corrected chi connectivity index (χ1v) is 15.0. The van der Waals surface area contributed by atoms with Crippen LogP contribution in [0.3, 0.4) is 0 Å². The number of hydrogen-bond acceptors (Lipinski definition) is 7. The van der Waals surface area contributed by atoms with Gasteiger partial charge in [0.1, 0.15) is 0 Å². The highest BCUT2D eigenvalue weighted by Crippen LogP contribution is 2.32. The van der Waals surface area contributed by atoms with E-state index in [0.29, 0.717) is 20.6 Å². The first kappa shape index (κ1) is 28.4. The van der Waals surface area contributed by atoms with Gasteiger partial charge >= 0.3 is 11.9 Å². The fraction of sp³-hybridized carbons (Fsp3) is 0.226. The number of aryl methyl sites for hydroxylation is 1. The fourth-order valence-electron chi connectivity index (χ4n) is 5.12. The number of fused-ring (bicyclic) bond motifs is 1. The van der Waals surface area contributed by atoms with Crippen LogP contribution < -0.4 is 14.9 Å². The Balaban J connectivity index is 1.65. The van der Waals surface area contributed by atoms with Crippen molar-refractivity contribution in [1.82, 2.24) is 9.13 Å². The summed E-state index contributed by atoms with van der Waals surface area (Å²) in [6.07, 6.45) is 3.85. The number of carbonyl (C=O) groups is 2. The Morgan fingerprint density at radius 2 is 1.78 bits per heavy atom. The maximum absolute atomic E-state index is 14.0. The summed E-state index contributed by atoms with van der Waals surface area (Å²) in [6.45, 7) is 7.66. The minimum Gasteiger partial charge on any atom is -0.478 e. The van der Waals surface area contributed by atoms with Crippen LogP contribution >= 0.6 is 23.1 Å². The highest BCUT2D eigenvalue weighted by atomic mass is 32.2. The Bertz CT molecular complexity index is 1880. The van der Waals surface area contributed by atoms with E-state index in [4.69, 9.17) is 4.74 Å². The van der Waals surface area contributed by atoms with Gasteiger partial charge in [-0.25, -0.2) is 14.6 Å². The number of carbonyl (C=O) groups excluding carboxylic acids is 1. The number of carboxylic acid groups (broad SMARTS) is 1. The number of allylic oxidation sites excluding steroid dienone is 1. The van der Waals surface area contributed by atoms with Crippen LogP contribution in [0.15, 0.2) is 80.5 Å². The molecule has 0 amide bonds. The van der Waals surface area contributed by atoms with Crippen LogP contribution in [0.4, 0.5) is 0 Å². The number of rotatable bonds is 7. The first-order valence-electron chi connectivity index (χ1n) is 13.0. The van der Waals surface area contributed by atoms with Gasteiger partial charge in [-0.3, -0.25) is 9.36 Å². The molecule has 1 atom stereocenters. The number of carboxylic acids is 1. The van der Waals surface area contributed by atoms with E-state index >= 15 is 0 Å². The Morgan fingerprint density at radius 3 is 2.39 bits per heavy atom. The molecule has 210 valence electrons. The maximum Gasteiger partial charge on any atom is 0.338 e. The van der Waals surface area contributed by atoms with Crippen molar-refractivity contribution in [3.05, 3.63) is 114 Å². The number of nitrogens with zero attached hydrogens (tertiary/aromatic N) is 3. The van der Waals surface area contributed by atoms with Gasteiger partial charge in [0.2, 0.25) is 0 Å². The van der Waals surface area contributed by atoms with Crippen LogP contribution in [0.5, 0.6) is 0 Å². The van der Waals surface area contributed by atoms with Crippen molar-refractivity contribution in [3.63, 3.8) is 0 Å². The summed E-state index contributed by atoms with van der Waals surface area (Å²) in [7, 11) is 0. The quantitative estimate of drug-likeness (QED) is 0.250. The summed E-state index contributed by atoms with van der Waals surface area (Å²) >= 11 is 2.90. The van der Waals surface area contributed by atoms with E-state index in [1.165, 1.54) is 11.3 Å². The largest absolute Gasteiger partial charge is 0.478 e. The molecule has 8 nitrogen and oxygen atoms in total. The summed E-state index contributed by atoms with van der Waals surface area (Å²) in [5.74, 6) is -1.46. The van der Waals surface area contributed by atoms with Crippen LogP contribution in [-0.2, 0) is 9.53 Å². The second kappa shape index (κ2) is 11.4. The van der Waals surface area contributed by atoms with Gasteiger partial charge in [-0.15, -0.1) is 11.8 Å². The molecule has 0 bridgehead atoms. The lowest BCUT2D eigenvalue weighted by molar-refractivity contribution is -0.139. The molecule has 1 aliphatic heterocycles. The maximum atomic E-state index is 14.0. The van der Waals surface area contributed by atoms with E-state index in [1.807, 2.05) is 61.1 Å². The number of thioether (sulfide) groups is 1. The molecule has 10 heteroatoms. The normalized spacial score (nSPS) is 15.0. The lowest BCUT2D eigenvalue weighted by atomic mass is 9.96. The van der Waals surface area contributed by atoms with Gasteiger partial charge in [-0.05, 0) is 93.6 Å². The molecular weight excluding hydrogens is 558 g/mol. The molecule has 4 aromatic rings. The van der Waals surface area contributed by atoms with Gasteiger partial charge in [-0.2, -0.15) is 0 Å². The smallest absolute Gasteiger partial charge is 0.338 e. The van der Waals surface area contributed by atoms with Gasteiger partial charge in [0.15, 0.2) is 4.80 Å². The number of hydrogen-bond donors (Lipinski definition) is 1. The molecule has 0 radical (unpaired) electrons. The van der Waals surface area contributed by atoms with Gasteiger partial charge in [0.25, 0.3) is 5.56 Å². The number of ether oxygens (including phenoxy) is 1. The monoisotopic (exact) mass is 587 g/mol. The lowest BCUT2D eigenvalue weighted by Gasteiger charge is -2.24. The number of aromatic nitrogens is 2. The standard InChI is InChI=1S/C31H29N3O5S2/c1-6-39-30(38)26-18(3)32-31-34(27(26)20-9-13-24(40-5)14-10-20)28(35)25(41-31)16-22-15-17(2)33(19(22)4)23-11-7-21(8-12-23)29(36)37/h7-16,27H,6H2,1-5H3,(H,36,37)/b25-16+/t27-/m0/s1. The second-order valence-corrected chi connectivity index (χ2v) is 11.5. The second-order valence-electron chi connectivity index (χ2n) is 9.59. The van der Waals surface area contributed by atoms with Crippen LogP contribution in [0.2, 0.25) is 0 Å². The molecule has 2 aromatic carbocycles. The molecule has 1 aliphatic rings. The number of thiazole rings is 1. The molecule has 0 fully saturated rings. The molecule has 0 saturated heterocycles. The lowest BCUT2D eigenvalue weighted by Crippen LogP contribution is -2.39. The highest BCUT2D eigenvalue weighted by molar-refractivity contribution is 7.98. The summed E-state index contributed by atoms with van der Waals surface area (Å²) < 4.78 is 9.49. The zero-order chi connectivity index (χ0) is 29.4. The van der Waals surface area contributed by atoms with E-state index in [9.17, 15) is 19.5 Å². The average Bonchev–Trinajstić information content (AvgIpc) is 3.41. The van der Waals surface area contributed by atoms with Crippen molar-refractivity contribution in [3.8, 4) is 5.69 Å². The Morgan fingerprint density at radius 1 is 1.10 bits per heavy atom. The molecule has 0 spiro atoms. The molecule has 2 aromatic heterocycles. The third-order valence-electron chi connectivity index (χ3n) is 7.08. The molecule has 5 rings (SSSR count). The van der Waals surface area contributed by atoms with E-state index in [1.54, 1.807) is 54.4 Å². The van der Waals surface area contributed by atoms with Crippen LogP contribution in [0.25, 0.3) is 11.8 Å². The Labute approximate surface area is 244 Å². The highest BCUT2D eigenvalue weighted by Gasteiger charge is 2.33. The topological polar surface area (TPSA) is 103 Å². The van der Waals surface area contributed by atoms with Crippen molar-refractivity contribution in [2.75, 3.05) is 12.9 Å². The summed E-state index contributed by atoms with van der Waals surface area (Å²) in [4.78, 5) is 44.6. The van der Waals surface area contributed by atoms with E-state index in [2.05, 4.69) is 4.99 Å². The van der Waals surface area contributed by atoms with E-state index in [-0.39, 0.29) is 17.7 Å². The van der Waals surface area contributed by atoms with Gasteiger partial charge in [0.05, 0.1) is 34.0 Å². The summed E-state index contributed by atoms with van der Waals surface area (Å²) in [5.41, 5.74) is 5.19. The minimum absolute atomic E-state index is 0.215. The third kappa shape index (κ3) is 5.20. The molecular formula is C31H29N3O5S2. The van der Waals surface area contributed by atoms with Gasteiger partial charge in [-0.1, -0.05) is 23.5 Å². The zero-order valence-electron chi connectivity index (χ0n) is 23.3. The molecule has 3 heterocycles.